The predicted octanol–water partition coefficient (Wildman–Crippen LogP) is 0.231. The van der Waals surface area contributed by atoms with Crippen molar-refractivity contribution >= 4 is 5.91 Å². The molecule has 0 radical (unpaired) electrons. The van der Waals surface area contributed by atoms with Gasteiger partial charge in [-0.15, -0.1) is 0 Å². The van der Waals surface area contributed by atoms with Crippen LogP contribution in [-0.2, 0) is 25.8 Å². The molecular weight excluding hydrogens is 296 g/mol. The summed E-state index contributed by atoms with van der Waals surface area (Å²) in [6.07, 6.45) is 4.34. The third-order valence-electron chi connectivity index (χ3n) is 4.23. The molecule has 0 saturated heterocycles. The SMILES string of the molecule is CCc1n[nH]c(=O)c(C(=O)NC2CCc3ncnn3C2)c1CC. The molecule has 1 aliphatic heterocycles. The van der Waals surface area contributed by atoms with E-state index in [-0.39, 0.29) is 17.5 Å². The lowest BCUT2D eigenvalue weighted by molar-refractivity contribution is 0.0923. The van der Waals surface area contributed by atoms with Gasteiger partial charge in [0.15, 0.2) is 0 Å². The fourth-order valence-corrected chi connectivity index (χ4v) is 3.05. The summed E-state index contributed by atoms with van der Waals surface area (Å²) < 4.78 is 1.80. The van der Waals surface area contributed by atoms with Crippen LogP contribution < -0.4 is 10.9 Å². The largest absolute Gasteiger partial charge is 0.347 e. The van der Waals surface area contributed by atoms with E-state index in [1.807, 2.05) is 13.8 Å². The number of amides is 1. The molecular formula is C15H20N6O2. The maximum atomic E-state index is 12.6. The van der Waals surface area contributed by atoms with Crippen LogP contribution in [0.1, 0.15) is 47.7 Å². The van der Waals surface area contributed by atoms with Crippen molar-refractivity contribution in [3.63, 3.8) is 0 Å². The molecule has 1 unspecified atom stereocenters. The molecule has 122 valence electrons. The van der Waals surface area contributed by atoms with Crippen molar-refractivity contribution in [1.29, 1.82) is 0 Å². The maximum Gasteiger partial charge on any atom is 0.277 e. The van der Waals surface area contributed by atoms with E-state index in [4.69, 9.17) is 0 Å². The van der Waals surface area contributed by atoms with Crippen LogP contribution in [0.15, 0.2) is 11.1 Å². The van der Waals surface area contributed by atoms with E-state index in [0.717, 1.165) is 29.9 Å². The lowest BCUT2D eigenvalue weighted by Crippen LogP contribution is -2.43. The summed E-state index contributed by atoms with van der Waals surface area (Å²) in [5.41, 5.74) is 1.24. The molecule has 1 atom stereocenters. The van der Waals surface area contributed by atoms with E-state index in [1.54, 1.807) is 4.68 Å². The molecule has 3 heterocycles. The van der Waals surface area contributed by atoms with Crippen molar-refractivity contribution in [2.45, 2.75) is 52.1 Å². The Morgan fingerprint density at radius 3 is 3.00 bits per heavy atom. The summed E-state index contributed by atoms with van der Waals surface area (Å²) in [7, 11) is 0. The summed E-state index contributed by atoms with van der Waals surface area (Å²) in [6.45, 7) is 4.45. The molecule has 0 aromatic carbocycles. The number of hydrogen-bond donors (Lipinski definition) is 2. The molecule has 0 fully saturated rings. The highest BCUT2D eigenvalue weighted by molar-refractivity contribution is 5.95. The number of nitrogens with one attached hydrogen (secondary N) is 2. The fourth-order valence-electron chi connectivity index (χ4n) is 3.05. The van der Waals surface area contributed by atoms with Crippen molar-refractivity contribution in [3.8, 4) is 0 Å². The van der Waals surface area contributed by atoms with Crippen molar-refractivity contribution in [1.82, 2.24) is 30.3 Å². The van der Waals surface area contributed by atoms with E-state index in [1.165, 1.54) is 6.33 Å². The van der Waals surface area contributed by atoms with Crippen molar-refractivity contribution < 1.29 is 4.79 Å². The molecule has 8 heteroatoms. The average molecular weight is 316 g/mol. The zero-order chi connectivity index (χ0) is 16.4. The molecule has 1 aliphatic rings. The van der Waals surface area contributed by atoms with Crippen LogP contribution in [0.3, 0.4) is 0 Å². The van der Waals surface area contributed by atoms with Gasteiger partial charge in [0, 0.05) is 12.5 Å². The normalized spacial score (nSPS) is 16.9. The fraction of sp³-hybridized carbons (Fsp3) is 0.533. The highest BCUT2D eigenvalue weighted by Gasteiger charge is 2.25. The summed E-state index contributed by atoms with van der Waals surface area (Å²) in [6, 6.07) is -0.0564. The Hall–Kier alpha value is -2.51. The van der Waals surface area contributed by atoms with Gasteiger partial charge in [0.2, 0.25) is 0 Å². The van der Waals surface area contributed by atoms with Crippen LogP contribution in [0.5, 0.6) is 0 Å². The minimum Gasteiger partial charge on any atom is -0.347 e. The summed E-state index contributed by atoms with van der Waals surface area (Å²) >= 11 is 0. The molecule has 1 amide bonds. The Bertz CT molecular complexity index is 779. The minimum absolute atomic E-state index is 0.0564. The second-order valence-corrected chi connectivity index (χ2v) is 5.63. The van der Waals surface area contributed by atoms with Gasteiger partial charge in [0.05, 0.1) is 12.2 Å². The minimum atomic E-state index is -0.436. The number of carbonyl (C=O) groups excluding carboxylic acids is 1. The molecule has 0 spiro atoms. The Morgan fingerprint density at radius 2 is 2.26 bits per heavy atom. The van der Waals surface area contributed by atoms with Gasteiger partial charge in [-0.3, -0.25) is 9.59 Å². The lowest BCUT2D eigenvalue weighted by atomic mass is 10.0. The first kappa shape index (κ1) is 15.4. The molecule has 0 aliphatic carbocycles. The van der Waals surface area contributed by atoms with Crippen LogP contribution >= 0.6 is 0 Å². The third kappa shape index (κ3) is 2.88. The van der Waals surface area contributed by atoms with Gasteiger partial charge in [0.1, 0.15) is 17.7 Å². The predicted molar refractivity (Wildman–Crippen MR) is 83.2 cm³/mol. The van der Waals surface area contributed by atoms with E-state index in [0.29, 0.717) is 19.4 Å². The van der Waals surface area contributed by atoms with Gasteiger partial charge in [0.25, 0.3) is 11.5 Å². The number of aromatic nitrogens is 5. The maximum absolute atomic E-state index is 12.6. The number of H-pyrrole nitrogens is 1. The second kappa shape index (κ2) is 6.31. The zero-order valence-electron chi connectivity index (χ0n) is 13.3. The van der Waals surface area contributed by atoms with Crippen LogP contribution in [-0.4, -0.2) is 36.9 Å². The highest BCUT2D eigenvalue weighted by Crippen LogP contribution is 2.14. The van der Waals surface area contributed by atoms with Gasteiger partial charge in [-0.2, -0.15) is 10.2 Å². The van der Waals surface area contributed by atoms with E-state index < -0.39 is 5.56 Å². The Kier molecular flexibility index (Phi) is 4.22. The van der Waals surface area contributed by atoms with Crippen LogP contribution in [0.25, 0.3) is 0 Å². The number of carbonyl (C=O) groups is 1. The monoisotopic (exact) mass is 316 g/mol. The van der Waals surface area contributed by atoms with Crippen molar-refractivity contribution in [3.05, 3.63) is 39.3 Å². The Balaban J connectivity index is 1.83. The first-order valence-corrected chi connectivity index (χ1v) is 7.92. The third-order valence-corrected chi connectivity index (χ3v) is 4.23. The van der Waals surface area contributed by atoms with Crippen molar-refractivity contribution in [2.75, 3.05) is 0 Å². The number of aryl methyl sites for hydroxylation is 2. The number of nitrogens with zero attached hydrogens (tertiary/aromatic N) is 4. The van der Waals surface area contributed by atoms with Gasteiger partial charge >= 0.3 is 0 Å². The molecule has 2 aromatic heterocycles. The molecule has 8 nitrogen and oxygen atoms in total. The van der Waals surface area contributed by atoms with E-state index in [2.05, 4.69) is 25.6 Å². The number of aromatic amines is 1. The van der Waals surface area contributed by atoms with Crippen LogP contribution in [0.4, 0.5) is 0 Å². The summed E-state index contributed by atoms with van der Waals surface area (Å²) in [5, 5.41) is 13.6. The molecule has 2 aromatic rings. The average Bonchev–Trinajstić information content (AvgIpc) is 3.01. The molecule has 0 bridgehead atoms. The van der Waals surface area contributed by atoms with Crippen LogP contribution in [0, 0.1) is 0 Å². The quantitative estimate of drug-likeness (QED) is 0.840. The molecule has 23 heavy (non-hydrogen) atoms. The van der Waals surface area contributed by atoms with Gasteiger partial charge in [-0.25, -0.2) is 14.8 Å². The highest BCUT2D eigenvalue weighted by atomic mass is 16.2. The number of fused-ring (bicyclic) bond motifs is 1. The smallest absolute Gasteiger partial charge is 0.277 e. The second-order valence-electron chi connectivity index (χ2n) is 5.63. The van der Waals surface area contributed by atoms with Crippen molar-refractivity contribution in [2.24, 2.45) is 0 Å². The lowest BCUT2D eigenvalue weighted by Gasteiger charge is -2.24. The molecule has 3 rings (SSSR count). The molecule has 2 N–H and O–H groups in total. The Labute approximate surface area is 133 Å². The standard InChI is InChI=1S/C15H20N6O2/c1-3-10-11(4-2)19-20-15(23)13(10)14(22)18-9-5-6-12-16-8-17-21(12)7-9/h8-9H,3-7H2,1-2H3,(H,18,22)(H,20,23). The summed E-state index contributed by atoms with van der Waals surface area (Å²) in [5.74, 6) is 0.591. The summed E-state index contributed by atoms with van der Waals surface area (Å²) in [4.78, 5) is 28.9. The van der Waals surface area contributed by atoms with Gasteiger partial charge in [-0.1, -0.05) is 13.8 Å². The first-order chi connectivity index (χ1) is 11.1. The van der Waals surface area contributed by atoms with Crippen LogP contribution in [0.2, 0.25) is 0 Å². The Morgan fingerprint density at radius 1 is 1.43 bits per heavy atom. The van der Waals surface area contributed by atoms with E-state index >= 15 is 0 Å². The topological polar surface area (TPSA) is 106 Å². The van der Waals surface area contributed by atoms with Gasteiger partial charge < -0.3 is 5.32 Å². The number of rotatable bonds is 4. The van der Waals surface area contributed by atoms with E-state index in [9.17, 15) is 9.59 Å². The zero-order valence-corrected chi connectivity index (χ0v) is 13.3. The first-order valence-electron chi connectivity index (χ1n) is 7.92. The van der Waals surface area contributed by atoms with Gasteiger partial charge in [-0.05, 0) is 24.8 Å². The molecule has 0 saturated carbocycles. The number of hydrogen-bond acceptors (Lipinski definition) is 5.